The van der Waals surface area contributed by atoms with Gasteiger partial charge in [-0.3, -0.25) is 4.57 Å². The molecular formula is C20H18F17N6O4P. The highest BCUT2D eigenvalue weighted by Crippen LogP contribution is 2.64. The van der Waals surface area contributed by atoms with E-state index >= 15 is 0 Å². The molecule has 1 saturated heterocycles. The Morgan fingerprint density at radius 2 is 1.35 bits per heavy atom. The molecule has 0 amide bonds. The number of anilines is 1. The monoisotopic (exact) mass is 760 g/mol. The van der Waals surface area contributed by atoms with E-state index in [2.05, 4.69) is 24.6 Å². The van der Waals surface area contributed by atoms with E-state index in [4.69, 9.17) is 4.74 Å². The van der Waals surface area contributed by atoms with Crippen LogP contribution in [0.1, 0.15) is 26.0 Å². The molecule has 0 saturated carbocycles. The van der Waals surface area contributed by atoms with Crippen molar-refractivity contribution in [2.24, 2.45) is 0 Å². The number of nitrogens with one attached hydrogen (secondary N) is 2. The molecule has 4 atom stereocenters. The van der Waals surface area contributed by atoms with Crippen LogP contribution >= 0.6 is 7.75 Å². The Kier molecular flexibility index (Phi) is 9.86. The lowest BCUT2D eigenvalue weighted by atomic mass is 9.90. The number of imidazole rings is 1. The van der Waals surface area contributed by atoms with Crippen LogP contribution in [0.5, 0.6) is 0 Å². The largest absolute Gasteiger partial charge is 0.460 e. The fraction of sp³-hybridized carbons (Fsp3) is 0.750. The second-order valence-corrected chi connectivity index (χ2v) is 11.6. The summed E-state index contributed by atoms with van der Waals surface area (Å²) in [5.41, 5.74) is -1.76. The van der Waals surface area contributed by atoms with Gasteiger partial charge in [0.05, 0.1) is 12.4 Å². The Hall–Kier alpha value is -2.77. The summed E-state index contributed by atoms with van der Waals surface area (Å²) in [4.78, 5) is 19.7. The summed E-state index contributed by atoms with van der Waals surface area (Å²) < 4.78 is 254. The predicted octanol–water partition coefficient (Wildman–Crippen LogP) is 6.61. The molecule has 28 heteroatoms. The first-order valence-electron chi connectivity index (χ1n) is 12.4. The smallest absolute Gasteiger partial charge is 0.353 e. The van der Waals surface area contributed by atoms with Crippen molar-refractivity contribution in [3.63, 3.8) is 0 Å². The number of hydrogen-bond acceptors (Lipinski definition) is 7. The van der Waals surface area contributed by atoms with Crippen LogP contribution in [-0.2, 0) is 13.8 Å². The number of nitrogens with zero attached hydrogens (tertiary/aromatic N) is 4. The maximum Gasteiger partial charge on any atom is 0.460 e. The third-order valence-electron chi connectivity index (χ3n) is 6.88. The normalized spacial score (nSPS) is 22.3. The highest BCUT2D eigenvalue weighted by molar-refractivity contribution is 7.50. The summed E-state index contributed by atoms with van der Waals surface area (Å²) in [6.07, 6.45) is -9.15. The molecule has 0 bridgehead atoms. The molecule has 0 spiro atoms. The molecule has 3 N–H and O–H groups in total. The zero-order valence-electron chi connectivity index (χ0n) is 23.1. The van der Waals surface area contributed by atoms with E-state index in [1.807, 2.05) is 0 Å². The molecule has 2 aromatic rings. The lowest BCUT2D eigenvalue weighted by Gasteiger charge is -2.42. The molecular weight excluding hydrogens is 742 g/mol. The minimum Gasteiger partial charge on any atom is -0.353 e. The van der Waals surface area contributed by atoms with Crippen LogP contribution < -0.4 is 10.4 Å². The van der Waals surface area contributed by atoms with Gasteiger partial charge in [0.15, 0.2) is 17.0 Å². The SMILES string of the molecule is CC[C@H]1O[C@@H](n2cnc3c(NC(F)(F)C(F)(F)C(F)(F)C(F)(F)C(F)(F)C(F)(F)C(F)(F)C(F)(F)F)ncnc32)C[C@H]1NP(=O)(O)OC. The van der Waals surface area contributed by atoms with Gasteiger partial charge in [-0.1, -0.05) is 6.92 Å². The van der Waals surface area contributed by atoms with Crippen molar-refractivity contribution in [3.8, 4) is 0 Å². The molecule has 10 nitrogen and oxygen atoms in total. The van der Waals surface area contributed by atoms with Gasteiger partial charge in [-0.2, -0.15) is 74.6 Å². The maximum absolute atomic E-state index is 14.6. The lowest BCUT2D eigenvalue weighted by Crippen LogP contribution is -2.75. The molecule has 3 rings (SSSR count). The standard InChI is InChI=1S/C20H18F17N6O4P/c1-3-8-7(42-48(44,45)46-2)4-9(47-8)43-6-40-10-11(38-5-39-12(10)43)41-20(36,37)18(31,32)16(27,28)14(23,24)13(21,22)15(25,26)17(29,30)19(33,34)35/h5-9H,3-4H2,1-2H3,(H,38,39,41)(H2,42,44,45)/t7-,8-,9-/m1/s1. The fourth-order valence-corrected chi connectivity index (χ4v) is 5.02. The highest BCUT2D eigenvalue weighted by atomic mass is 31.2. The summed E-state index contributed by atoms with van der Waals surface area (Å²) in [7, 11) is -3.49. The number of aromatic nitrogens is 4. The Morgan fingerprint density at radius 3 is 1.83 bits per heavy atom. The maximum atomic E-state index is 14.6. The molecule has 48 heavy (non-hydrogen) atoms. The molecule has 0 aliphatic carbocycles. The topological polar surface area (TPSA) is 123 Å². The van der Waals surface area contributed by atoms with Gasteiger partial charge in [-0.15, -0.1) is 0 Å². The second kappa shape index (κ2) is 11.9. The fourth-order valence-electron chi connectivity index (χ4n) is 4.22. The lowest BCUT2D eigenvalue weighted by molar-refractivity contribution is -0.460. The quantitative estimate of drug-likeness (QED) is 0.118. The molecule has 0 radical (unpaired) electrons. The number of ether oxygens (including phenoxy) is 1. The summed E-state index contributed by atoms with van der Waals surface area (Å²) >= 11 is 0. The van der Waals surface area contributed by atoms with E-state index in [-0.39, 0.29) is 24.5 Å². The van der Waals surface area contributed by atoms with Crippen molar-refractivity contribution in [1.82, 2.24) is 24.6 Å². The van der Waals surface area contributed by atoms with Crippen LogP contribution in [0.2, 0.25) is 0 Å². The third-order valence-corrected chi connectivity index (χ3v) is 8.03. The average Bonchev–Trinajstić information content (AvgIpc) is 3.55. The Morgan fingerprint density at radius 1 is 0.854 bits per heavy atom. The molecule has 1 aliphatic rings. The van der Waals surface area contributed by atoms with Crippen molar-refractivity contribution < 1.29 is 93.4 Å². The zero-order valence-corrected chi connectivity index (χ0v) is 24.0. The number of halogens is 17. The Labute approximate surface area is 254 Å². The van der Waals surface area contributed by atoms with Crippen LogP contribution in [0.15, 0.2) is 12.7 Å². The number of alkyl halides is 17. The number of rotatable bonds is 13. The average molecular weight is 760 g/mol. The first kappa shape index (κ1) is 39.7. The molecule has 276 valence electrons. The molecule has 3 heterocycles. The van der Waals surface area contributed by atoms with Gasteiger partial charge >= 0.3 is 55.5 Å². The predicted molar refractivity (Wildman–Crippen MR) is 122 cm³/mol. The van der Waals surface area contributed by atoms with E-state index in [1.165, 1.54) is 0 Å². The van der Waals surface area contributed by atoms with Crippen molar-refractivity contribution in [2.45, 2.75) is 85.9 Å². The van der Waals surface area contributed by atoms with Crippen molar-refractivity contribution in [3.05, 3.63) is 12.7 Å². The minimum atomic E-state index is -8.76. The molecule has 2 aromatic heterocycles. The van der Waals surface area contributed by atoms with Gasteiger partial charge in [0, 0.05) is 19.6 Å². The number of fused-ring (bicyclic) bond motifs is 1. The van der Waals surface area contributed by atoms with Crippen molar-refractivity contribution in [2.75, 3.05) is 12.4 Å². The van der Waals surface area contributed by atoms with E-state index in [0.29, 0.717) is 6.33 Å². The molecule has 1 fully saturated rings. The minimum absolute atomic E-state index is 0.158. The van der Waals surface area contributed by atoms with Crippen LogP contribution in [0.25, 0.3) is 11.2 Å². The summed E-state index contributed by atoms with van der Waals surface area (Å²) in [6, 6.07) is -7.93. The van der Waals surface area contributed by atoms with Crippen molar-refractivity contribution >= 4 is 24.7 Å². The third kappa shape index (κ3) is 5.91. The first-order chi connectivity index (χ1) is 21.4. The van der Waals surface area contributed by atoms with E-state index in [0.717, 1.165) is 11.7 Å². The van der Waals surface area contributed by atoms with Crippen LogP contribution in [0, 0.1) is 0 Å². The summed E-state index contributed by atoms with van der Waals surface area (Å²) in [6.45, 7) is 1.55. The van der Waals surface area contributed by atoms with Gasteiger partial charge in [-0.05, 0) is 6.42 Å². The van der Waals surface area contributed by atoms with Gasteiger partial charge in [0.25, 0.3) is 0 Å². The van der Waals surface area contributed by atoms with Gasteiger partial charge < -0.3 is 19.5 Å². The van der Waals surface area contributed by atoms with E-state index in [1.54, 1.807) is 6.92 Å². The first-order valence-corrected chi connectivity index (χ1v) is 13.9. The van der Waals surface area contributed by atoms with Gasteiger partial charge in [0.1, 0.15) is 12.6 Å². The van der Waals surface area contributed by atoms with E-state index < -0.39 is 90.9 Å². The van der Waals surface area contributed by atoms with E-state index in [9.17, 15) is 84.1 Å². The zero-order chi connectivity index (χ0) is 37.3. The van der Waals surface area contributed by atoms with Crippen molar-refractivity contribution in [1.29, 1.82) is 0 Å². The molecule has 1 aliphatic heterocycles. The van der Waals surface area contributed by atoms with Gasteiger partial charge in [-0.25, -0.2) is 24.6 Å². The summed E-state index contributed by atoms with van der Waals surface area (Å²) in [5.74, 6) is -52.7. The molecule has 1 unspecified atom stereocenters. The molecule has 0 aromatic carbocycles. The highest BCUT2D eigenvalue weighted by Gasteiger charge is 2.95. The van der Waals surface area contributed by atoms with Gasteiger partial charge in [0.2, 0.25) is 0 Å². The second-order valence-electron chi connectivity index (χ2n) is 9.90. The Balaban J connectivity index is 2.00. The van der Waals surface area contributed by atoms with Crippen LogP contribution in [-0.4, -0.2) is 91.4 Å². The number of hydrogen-bond donors (Lipinski definition) is 3. The summed E-state index contributed by atoms with van der Waals surface area (Å²) in [5, 5.41) is 2.41. The van der Waals surface area contributed by atoms with Crippen LogP contribution in [0.3, 0.4) is 0 Å². The Bertz CT molecular complexity index is 1540. The van der Waals surface area contributed by atoms with Crippen LogP contribution in [0.4, 0.5) is 80.5 Å².